The maximum absolute atomic E-state index is 12.3. The maximum atomic E-state index is 12.3. The Bertz CT molecular complexity index is 834. The smallest absolute Gasteiger partial charge is 0.292 e. The van der Waals surface area contributed by atoms with E-state index >= 15 is 0 Å². The summed E-state index contributed by atoms with van der Waals surface area (Å²) >= 11 is 6.18. The molecule has 0 radical (unpaired) electrons. The molecule has 0 aliphatic rings. The SMILES string of the molecule is O=c1c(Cl)c(NCCc2cccnc2)cnn1-c1ccccc1. The van der Waals surface area contributed by atoms with Gasteiger partial charge in [-0.3, -0.25) is 9.78 Å². The Morgan fingerprint density at radius 2 is 1.91 bits per heavy atom. The Balaban J connectivity index is 1.74. The van der Waals surface area contributed by atoms with E-state index in [2.05, 4.69) is 15.4 Å². The van der Waals surface area contributed by atoms with Crippen LogP contribution in [0.1, 0.15) is 5.56 Å². The van der Waals surface area contributed by atoms with Crippen LogP contribution in [0, 0.1) is 0 Å². The van der Waals surface area contributed by atoms with Gasteiger partial charge in [-0.25, -0.2) is 0 Å². The Morgan fingerprint density at radius 1 is 1.09 bits per heavy atom. The lowest BCUT2D eigenvalue weighted by atomic mass is 10.2. The molecule has 23 heavy (non-hydrogen) atoms. The second-order valence-electron chi connectivity index (χ2n) is 4.96. The third-order valence-corrected chi connectivity index (χ3v) is 3.74. The van der Waals surface area contributed by atoms with E-state index in [1.165, 1.54) is 4.68 Å². The molecule has 3 rings (SSSR count). The van der Waals surface area contributed by atoms with Crippen molar-refractivity contribution in [2.24, 2.45) is 0 Å². The van der Waals surface area contributed by atoms with Crippen LogP contribution in [0.4, 0.5) is 5.69 Å². The Hall–Kier alpha value is -2.66. The number of para-hydroxylation sites is 1. The van der Waals surface area contributed by atoms with Gasteiger partial charge in [0.25, 0.3) is 5.56 Å². The van der Waals surface area contributed by atoms with Crippen molar-refractivity contribution in [2.75, 3.05) is 11.9 Å². The summed E-state index contributed by atoms with van der Waals surface area (Å²) in [6, 6.07) is 13.1. The summed E-state index contributed by atoms with van der Waals surface area (Å²) in [6.07, 6.45) is 5.90. The molecule has 0 amide bonds. The number of anilines is 1. The number of halogens is 1. The monoisotopic (exact) mass is 326 g/mol. The first-order chi connectivity index (χ1) is 11.3. The van der Waals surface area contributed by atoms with Crippen molar-refractivity contribution in [1.29, 1.82) is 0 Å². The van der Waals surface area contributed by atoms with Gasteiger partial charge in [0.2, 0.25) is 0 Å². The van der Waals surface area contributed by atoms with Crippen molar-refractivity contribution in [3.05, 3.63) is 82.0 Å². The molecule has 0 aliphatic heterocycles. The average Bonchev–Trinajstić information content (AvgIpc) is 2.60. The van der Waals surface area contributed by atoms with Gasteiger partial charge in [-0.2, -0.15) is 9.78 Å². The highest BCUT2D eigenvalue weighted by molar-refractivity contribution is 6.32. The van der Waals surface area contributed by atoms with Gasteiger partial charge in [0.15, 0.2) is 0 Å². The van der Waals surface area contributed by atoms with E-state index in [1.807, 2.05) is 36.5 Å². The van der Waals surface area contributed by atoms with Gasteiger partial charge in [-0.1, -0.05) is 35.9 Å². The van der Waals surface area contributed by atoms with E-state index in [9.17, 15) is 4.79 Å². The molecule has 0 atom stereocenters. The molecule has 1 aromatic carbocycles. The van der Waals surface area contributed by atoms with Crippen LogP contribution in [0.2, 0.25) is 5.02 Å². The van der Waals surface area contributed by atoms with Crippen molar-refractivity contribution in [3.8, 4) is 5.69 Å². The lowest BCUT2D eigenvalue weighted by Crippen LogP contribution is -2.23. The Labute approximate surface area is 138 Å². The zero-order valence-electron chi connectivity index (χ0n) is 12.3. The van der Waals surface area contributed by atoms with Crippen LogP contribution in [-0.4, -0.2) is 21.3 Å². The highest BCUT2D eigenvalue weighted by Gasteiger charge is 2.10. The molecule has 0 aliphatic carbocycles. The minimum Gasteiger partial charge on any atom is -0.382 e. The first-order valence-electron chi connectivity index (χ1n) is 7.22. The lowest BCUT2D eigenvalue weighted by molar-refractivity contribution is 0.806. The molecule has 0 saturated heterocycles. The van der Waals surface area contributed by atoms with Crippen LogP contribution in [0.25, 0.3) is 5.69 Å². The Morgan fingerprint density at radius 3 is 2.65 bits per heavy atom. The largest absolute Gasteiger partial charge is 0.382 e. The molecule has 2 heterocycles. The zero-order valence-corrected chi connectivity index (χ0v) is 13.1. The van der Waals surface area contributed by atoms with Crippen LogP contribution < -0.4 is 10.9 Å². The molecular formula is C17H15ClN4O. The number of hydrogen-bond acceptors (Lipinski definition) is 4. The van der Waals surface area contributed by atoms with Crippen LogP contribution in [0.3, 0.4) is 0 Å². The number of nitrogens with one attached hydrogen (secondary N) is 1. The number of hydrogen-bond donors (Lipinski definition) is 1. The topological polar surface area (TPSA) is 59.8 Å². The van der Waals surface area contributed by atoms with Crippen molar-refractivity contribution in [3.63, 3.8) is 0 Å². The van der Waals surface area contributed by atoms with E-state index in [0.717, 1.165) is 12.0 Å². The summed E-state index contributed by atoms with van der Waals surface area (Å²) in [5.74, 6) is 0. The fourth-order valence-corrected chi connectivity index (χ4v) is 2.39. The number of pyridine rings is 1. The summed E-state index contributed by atoms with van der Waals surface area (Å²) in [6.45, 7) is 0.641. The number of nitrogens with zero attached hydrogens (tertiary/aromatic N) is 3. The van der Waals surface area contributed by atoms with Gasteiger partial charge in [-0.15, -0.1) is 0 Å². The number of aromatic nitrogens is 3. The lowest BCUT2D eigenvalue weighted by Gasteiger charge is -2.10. The van der Waals surface area contributed by atoms with E-state index in [-0.39, 0.29) is 10.6 Å². The minimum absolute atomic E-state index is 0.134. The van der Waals surface area contributed by atoms with Gasteiger partial charge in [0.1, 0.15) is 5.02 Å². The molecule has 0 saturated carbocycles. The fourth-order valence-electron chi connectivity index (χ4n) is 2.20. The van der Waals surface area contributed by atoms with Crippen LogP contribution >= 0.6 is 11.6 Å². The van der Waals surface area contributed by atoms with Crippen LogP contribution in [0.5, 0.6) is 0 Å². The molecule has 1 N–H and O–H groups in total. The highest BCUT2D eigenvalue weighted by Crippen LogP contribution is 2.16. The third kappa shape index (κ3) is 3.57. The highest BCUT2D eigenvalue weighted by atomic mass is 35.5. The molecule has 116 valence electrons. The molecule has 5 nitrogen and oxygen atoms in total. The maximum Gasteiger partial charge on any atom is 0.292 e. The van der Waals surface area contributed by atoms with Gasteiger partial charge in [-0.05, 0) is 30.2 Å². The molecule has 6 heteroatoms. The van der Waals surface area contributed by atoms with Crippen LogP contribution in [-0.2, 0) is 6.42 Å². The standard InChI is InChI=1S/C17H15ClN4O/c18-16-15(20-10-8-13-5-4-9-19-11-13)12-21-22(17(16)23)14-6-2-1-3-7-14/h1-7,9,11-12,20H,8,10H2. The predicted molar refractivity (Wildman–Crippen MR) is 91.3 cm³/mol. The van der Waals surface area contributed by atoms with E-state index in [1.54, 1.807) is 24.5 Å². The second-order valence-corrected chi connectivity index (χ2v) is 5.34. The molecule has 3 aromatic rings. The van der Waals surface area contributed by atoms with E-state index < -0.39 is 0 Å². The first-order valence-corrected chi connectivity index (χ1v) is 7.59. The summed E-state index contributed by atoms with van der Waals surface area (Å²) in [7, 11) is 0. The van der Waals surface area contributed by atoms with Crippen molar-refractivity contribution in [2.45, 2.75) is 6.42 Å². The van der Waals surface area contributed by atoms with Gasteiger partial charge in [0, 0.05) is 18.9 Å². The second kappa shape index (κ2) is 7.07. The predicted octanol–water partition coefficient (Wildman–Crippen LogP) is 2.94. The van der Waals surface area contributed by atoms with Crippen molar-refractivity contribution in [1.82, 2.24) is 14.8 Å². The molecule has 0 fully saturated rings. The quantitative estimate of drug-likeness (QED) is 0.783. The number of benzene rings is 1. The van der Waals surface area contributed by atoms with Gasteiger partial charge < -0.3 is 5.32 Å². The van der Waals surface area contributed by atoms with Gasteiger partial charge in [0.05, 0.1) is 17.6 Å². The summed E-state index contributed by atoms with van der Waals surface area (Å²) in [5, 5.41) is 7.46. The Kier molecular flexibility index (Phi) is 4.68. The molecule has 0 unspecified atom stereocenters. The summed E-state index contributed by atoms with van der Waals surface area (Å²) < 4.78 is 1.29. The number of rotatable bonds is 5. The zero-order chi connectivity index (χ0) is 16.1. The first kappa shape index (κ1) is 15.2. The fraction of sp³-hybridized carbons (Fsp3) is 0.118. The van der Waals surface area contributed by atoms with E-state index in [4.69, 9.17) is 11.6 Å². The molecule has 0 bridgehead atoms. The van der Waals surface area contributed by atoms with E-state index in [0.29, 0.717) is 17.9 Å². The third-order valence-electron chi connectivity index (χ3n) is 3.37. The average molecular weight is 327 g/mol. The minimum atomic E-state index is -0.343. The van der Waals surface area contributed by atoms with Crippen molar-refractivity contribution >= 4 is 17.3 Å². The van der Waals surface area contributed by atoms with Gasteiger partial charge >= 0.3 is 0 Å². The van der Waals surface area contributed by atoms with Crippen molar-refractivity contribution < 1.29 is 0 Å². The molecule has 2 aromatic heterocycles. The molecular weight excluding hydrogens is 312 g/mol. The normalized spacial score (nSPS) is 10.5. The van der Waals surface area contributed by atoms with Crippen LogP contribution in [0.15, 0.2) is 65.8 Å². The summed E-state index contributed by atoms with van der Waals surface area (Å²) in [4.78, 5) is 16.4. The summed E-state index contributed by atoms with van der Waals surface area (Å²) in [5.41, 5.74) is 1.99. The molecule has 0 spiro atoms.